The van der Waals surface area contributed by atoms with Gasteiger partial charge in [-0.2, -0.15) is 0 Å². The second-order valence-electron chi connectivity index (χ2n) is 10.5. The third kappa shape index (κ3) is 4.45. The highest BCUT2D eigenvalue weighted by Gasteiger charge is 2.59. The van der Waals surface area contributed by atoms with Crippen LogP contribution in [0.15, 0.2) is 60.9 Å². The fraction of sp³-hybridized carbons (Fsp3) is 0.321. The van der Waals surface area contributed by atoms with Crippen LogP contribution in [0.25, 0.3) is 16.9 Å². The number of piperidine rings is 1. The number of halogens is 1. The highest BCUT2D eigenvalue weighted by molar-refractivity contribution is 5.94. The summed E-state index contributed by atoms with van der Waals surface area (Å²) in [5.41, 5.74) is 9.94. The molecule has 8 nitrogen and oxygen atoms in total. The number of amides is 1. The lowest BCUT2D eigenvalue weighted by atomic mass is 9.95. The van der Waals surface area contributed by atoms with Gasteiger partial charge in [-0.15, -0.1) is 0 Å². The van der Waals surface area contributed by atoms with E-state index in [1.165, 1.54) is 12.1 Å². The molecule has 2 fully saturated rings. The molecule has 9 heteroatoms. The number of rotatable bonds is 6. The Bertz CT molecular complexity index is 1480. The van der Waals surface area contributed by atoms with Crippen molar-refractivity contribution in [3.05, 3.63) is 83.6 Å². The van der Waals surface area contributed by atoms with Crippen molar-refractivity contribution in [3.63, 3.8) is 0 Å². The summed E-state index contributed by atoms with van der Waals surface area (Å²) in [6.07, 6.45) is 3.46. The zero-order chi connectivity index (χ0) is 25.9. The van der Waals surface area contributed by atoms with Crippen molar-refractivity contribution in [2.24, 2.45) is 17.6 Å². The predicted molar refractivity (Wildman–Crippen MR) is 135 cm³/mol. The van der Waals surface area contributed by atoms with Crippen LogP contribution in [0, 0.1) is 17.7 Å². The van der Waals surface area contributed by atoms with Gasteiger partial charge in [0.15, 0.2) is 0 Å². The summed E-state index contributed by atoms with van der Waals surface area (Å²) in [4.78, 5) is 24.0. The topological polar surface area (TPSA) is 106 Å². The van der Waals surface area contributed by atoms with Gasteiger partial charge in [0.25, 0.3) is 5.91 Å². The number of aromatic nitrogens is 3. The van der Waals surface area contributed by atoms with E-state index < -0.39 is 5.54 Å². The van der Waals surface area contributed by atoms with Crippen LogP contribution >= 0.6 is 0 Å². The number of nitrogens with zero attached hydrogens (tertiary/aromatic N) is 4. The second-order valence-corrected chi connectivity index (χ2v) is 10.5. The fourth-order valence-electron chi connectivity index (χ4n) is 5.09. The molecule has 1 saturated carbocycles. The third-order valence-corrected chi connectivity index (χ3v) is 7.26. The monoisotopic (exact) mass is 501 g/mol. The van der Waals surface area contributed by atoms with Crippen molar-refractivity contribution in [2.75, 3.05) is 13.1 Å². The number of fused-ring (bicyclic) bond motifs is 2. The summed E-state index contributed by atoms with van der Waals surface area (Å²) < 4.78 is 21.5. The van der Waals surface area contributed by atoms with Crippen molar-refractivity contribution in [2.45, 2.75) is 32.1 Å². The lowest BCUT2D eigenvalue weighted by Crippen LogP contribution is -2.33. The second kappa shape index (κ2) is 8.64. The summed E-state index contributed by atoms with van der Waals surface area (Å²) in [7, 11) is 0. The van der Waals surface area contributed by atoms with Crippen LogP contribution in [0.5, 0.6) is 5.88 Å². The van der Waals surface area contributed by atoms with Gasteiger partial charge < -0.3 is 24.9 Å². The number of pyridine rings is 2. The van der Waals surface area contributed by atoms with Crippen molar-refractivity contribution in [3.8, 4) is 17.1 Å². The number of nitrogens with two attached hydrogens (primary N) is 1. The molecule has 1 amide bonds. The molecule has 1 aliphatic carbocycles. The van der Waals surface area contributed by atoms with Gasteiger partial charge in [-0.25, -0.2) is 14.4 Å². The Labute approximate surface area is 213 Å². The molecule has 3 N–H and O–H groups in total. The largest absolute Gasteiger partial charge is 0.474 e. The smallest absolute Gasteiger partial charge is 0.255 e. The number of benzene rings is 1. The molecule has 1 aliphatic heterocycles. The van der Waals surface area contributed by atoms with E-state index in [1.807, 2.05) is 30.9 Å². The van der Waals surface area contributed by atoms with Crippen LogP contribution in [0.3, 0.4) is 0 Å². The molecule has 3 aromatic heterocycles. The molecule has 1 aromatic carbocycles. The molecular weight excluding hydrogens is 473 g/mol. The van der Waals surface area contributed by atoms with Crippen molar-refractivity contribution >= 4 is 11.6 Å². The van der Waals surface area contributed by atoms with E-state index in [0.29, 0.717) is 41.6 Å². The van der Waals surface area contributed by atoms with E-state index in [0.717, 1.165) is 11.1 Å². The molecular formula is C28H28FN5O3. The molecule has 1 unspecified atom stereocenters. The first kappa shape index (κ1) is 23.6. The number of carbonyl (C=O) groups is 1. The minimum Gasteiger partial charge on any atom is -0.474 e. The SMILES string of the molecule is CC(C)(N)c1cc(OC2[C@H]3CN(C(=O)c4ccc5nc(CO)cn5c4)C[C@@H]23)nc(-c2ccc(F)cc2)c1. The maximum absolute atomic E-state index is 13.4. The van der Waals surface area contributed by atoms with Crippen LogP contribution in [0.1, 0.15) is 35.5 Å². The van der Waals surface area contributed by atoms with E-state index in [4.69, 9.17) is 10.5 Å². The van der Waals surface area contributed by atoms with Gasteiger partial charge in [0.2, 0.25) is 5.88 Å². The van der Waals surface area contributed by atoms with Crippen LogP contribution in [-0.4, -0.2) is 49.5 Å². The number of aliphatic hydroxyl groups excluding tert-OH is 1. The molecule has 190 valence electrons. The van der Waals surface area contributed by atoms with Gasteiger partial charge in [-0.05, 0) is 61.9 Å². The average molecular weight is 502 g/mol. The van der Waals surface area contributed by atoms with Gasteiger partial charge in [0.05, 0.1) is 23.6 Å². The minimum atomic E-state index is -0.604. The maximum Gasteiger partial charge on any atom is 0.255 e. The first-order valence-corrected chi connectivity index (χ1v) is 12.3. The van der Waals surface area contributed by atoms with Crippen molar-refractivity contribution in [1.82, 2.24) is 19.3 Å². The van der Waals surface area contributed by atoms with E-state index in [-0.39, 0.29) is 36.3 Å². The van der Waals surface area contributed by atoms with Gasteiger partial charge in [-0.3, -0.25) is 4.79 Å². The van der Waals surface area contributed by atoms with Gasteiger partial charge in [0, 0.05) is 54.5 Å². The van der Waals surface area contributed by atoms with E-state index in [1.54, 1.807) is 41.1 Å². The lowest BCUT2D eigenvalue weighted by Gasteiger charge is -2.22. The first-order chi connectivity index (χ1) is 17.7. The Morgan fingerprint density at radius 2 is 1.84 bits per heavy atom. The quantitative estimate of drug-likeness (QED) is 0.420. The summed E-state index contributed by atoms with van der Waals surface area (Å²) in [5.74, 6) is 0.633. The minimum absolute atomic E-state index is 0.0167. The lowest BCUT2D eigenvalue weighted by molar-refractivity contribution is 0.0751. The molecule has 4 aromatic rings. The summed E-state index contributed by atoms with van der Waals surface area (Å²) >= 11 is 0. The fourth-order valence-corrected chi connectivity index (χ4v) is 5.09. The van der Waals surface area contributed by atoms with Gasteiger partial charge >= 0.3 is 0 Å². The number of aliphatic hydroxyl groups is 1. The normalized spacial score (nSPS) is 20.8. The predicted octanol–water partition coefficient (Wildman–Crippen LogP) is 3.37. The molecule has 6 rings (SSSR count). The third-order valence-electron chi connectivity index (χ3n) is 7.26. The standard InChI is InChI=1S/C28H28FN5O3/c1-28(2,30)18-9-23(16-3-6-19(29)7-4-16)32-25(10-18)37-26-21-13-34(14-22(21)26)27(36)17-5-8-24-31-20(15-35)12-33(24)11-17/h3-12,21-22,26,35H,13-15,30H2,1-2H3/t21-,22+,26?. The number of likely N-dealkylation sites (tertiary alicyclic amines) is 1. The number of hydrogen-bond donors (Lipinski definition) is 2. The highest BCUT2D eigenvalue weighted by Crippen LogP contribution is 2.48. The summed E-state index contributed by atoms with van der Waals surface area (Å²) in [6, 6.07) is 13.5. The summed E-state index contributed by atoms with van der Waals surface area (Å²) in [5, 5.41) is 9.31. The zero-order valence-corrected chi connectivity index (χ0v) is 20.6. The van der Waals surface area contributed by atoms with E-state index >= 15 is 0 Å². The number of imidazole rings is 1. The zero-order valence-electron chi connectivity index (χ0n) is 20.6. The Morgan fingerprint density at radius 3 is 2.51 bits per heavy atom. The Kier molecular flexibility index (Phi) is 5.50. The molecule has 0 spiro atoms. The maximum atomic E-state index is 13.4. The number of carbonyl (C=O) groups excluding carboxylic acids is 1. The van der Waals surface area contributed by atoms with Crippen LogP contribution in [-0.2, 0) is 12.1 Å². The number of ether oxygens (including phenoxy) is 1. The molecule has 3 atom stereocenters. The van der Waals surface area contributed by atoms with E-state index in [2.05, 4.69) is 9.97 Å². The van der Waals surface area contributed by atoms with Crippen molar-refractivity contribution < 1.29 is 19.0 Å². The average Bonchev–Trinajstić information content (AvgIpc) is 3.22. The molecule has 0 radical (unpaired) electrons. The molecule has 0 bridgehead atoms. The Balaban J connectivity index is 1.16. The molecule has 2 aliphatic rings. The Hall–Kier alpha value is -3.82. The summed E-state index contributed by atoms with van der Waals surface area (Å²) in [6.45, 7) is 4.92. The van der Waals surface area contributed by atoms with Crippen LogP contribution < -0.4 is 10.5 Å². The first-order valence-electron chi connectivity index (χ1n) is 12.3. The Morgan fingerprint density at radius 1 is 1.11 bits per heavy atom. The number of hydrogen-bond acceptors (Lipinski definition) is 6. The van der Waals surface area contributed by atoms with Crippen LogP contribution in [0.4, 0.5) is 4.39 Å². The van der Waals surface area contributed by atoms with Crippen LogP contribution in [0.2, 0.25) is 0 Å². The molecule has 4 heterocycles. The van der Waals surface area contributed by atoms with E-state index in [9.17, 15) is 14.3 Å². The highest BCUT2D eigenvalue weighted by atomic mass is 19.1. The molecule has 37 heavy (non-hydrogen) atoms. The molecule has 1 saturated heterocycles. The van der Waals surface area contributed by atoms with Gasteiger partial charge in [-0.1, -0.05) is 0 Å². The van der Waals surface area contributed by atoms with Gasteiger partial charge in [0.1, 0.15) is 17.6 Å². The van der Waals surface area contributed by atoms with Crippen molar-refractivity contribution in [1.29, 1.82) is 0 Å².